The van der Waals surface area contributed by atoms with Crippen molar-refractivity contribution in [3.8, 4) is 0 Å². The maximum Gasteiger partial charge on any atom is 0.338 e. The van der Waals surface area contributed by atoms with Crippen LogP contribution in [-0.4, -0.2) is 25.7 Å². The van der Waals surface area contributed by atoms with Gasteiger partial charge in [0.05, 0.1) is 12.2 Å². The fourth-order valence-electron chi connectivity index (χ4n) is 3.64. The molecule has 32 heavy (non-hydrogen) atoms. The molecule has 0 aliphatic carbocycles. The van der Waals surface area contributed by atoms with Gasteiger partial charge in [0.2, 0.25) is 0 Å². The zero-order chi connectivity index (χ0) is 22.8. The molecule has 0 saturated carbocycles. The summed E-state index contributed by atoms with van der Waals surface area (Å²) in [5, 5.41) is 1.53. The number of ether oxygens (including phenoxy) is 1. The van der Waals surface area contributed by atoms with Crippen molar-refractivity contribution in [3.63, 3.8) is 0 Å². The van der Waals surface area contributed by atoms with E-state index in [0.717, 1.165) is 54.5 Å². The summed E-state index contributed by atoms with van der Waals surface area (Å²) in [7, 11) is 0. The number of hydrogen-bond donors (Lipinski definition) is 0. The number of carbonyl (C=O) groups is 1. The molecular weight excluding hydrogens is 441 g/mol. The zero-order valence-electron chi connectivity index (χ0n) is 18.4. The highest BCUT2D eigenvalue weighted by molar-refractivity contribution is 6.30. The molecule has 0 bridgehead atoms. The van der Waals surface area contributed by atoms with E-state index in [2.05, 4.69) is 29.2 Å². The number of esters is 1. The van der Waals surface area contributed by atoms with Crippen LogP contribution in [0.1, 0.15) is 41.3 Å². The van der Waals surface area contributed by atoms with Gasteiger partial charge in [0, 0.05) is 28.8 Å². The summed E-state index contributed by atoms with van der Waals surface area (Å²) < 4.78 is 5.10. The fourth-order valence-corrected chi connectivity index (χ4v) is 3.89. The average Bonchev–Trinajstić information content (AvgIpc) is 2.81. The van der Waals surface area contributed by atoms with Gasteiger partial charge >= 0.3 is 5.97 Å². The average molecular weight is 470 g/mol. The van der Waals surface area contributed by atoms with Crippen molar-refractivity contribution in [2.45, 2.75) is 32.6 Å². The van der Waals surface area contributed by atoms with Crippen molar-refractivity contribution in [2.24, 2.45) is 0 Å². The summed E-state index contributed by atoms with van der Waals surface area (Å²) >= 11 is 12.0. The molecule has 0 radical (unpaired) electrons. The lowest BCUT2D eigenvalue weighted by Crippen LogP contribution is -2.26. The monoisotopic (exact) mass is 469 g/mol. The van der Waals surface area contributed by atoms with Crippen molar-refractivity contribution < 1.29 is 9.53 Å². The number of benzene rings is 3. The highest BCUT2D eigenvalue weighted by atomic mass is 35.5. The van der Waals surface area contributed by atoms with Crippen LogP contribution in [0.4, 0.5) is 5.69 Å². The van der Waals surface area contributed by atoms with E-state index in [1.807, 2.05) is 55.5 Å². The van der Waals surface area contributed by atoms with E-state index in [1.54, 1.807) is 0 Å². The maximum absolute atomic E-state index is 12.0. The van der Waals surface area contributed by atoms with Crippen molar-refractivity contribution in [1.29, 1.82) is 0 Å². The number of rotatable bonds is 11. The van der Waals surface area contributed by atoms with Crippen LogP contribution in [0.25, 0.3) is 0 Å². The van der Waals surface area contributed by atoms with Crippen LogP contribution in [-0.2, 0) is 17.6 Å². The molecule has 5 heteroatoms. The van der Waals surface area contributed by atoms with Gasteiger partial charge in [-0.25, -0.2) is 4.79 Å². The number of aryl methyl sites for hydroxylation is 2. The SMILES string of the molecule is CCOC(=O)c1ccc(N(CCCc2ccc(Cl)cc2)CCCc2ccc(Cl)cc2)cc1. The lowest BCUT2D eigenvalue weighted by atomic mass is 10.1. The van der Waals surface area contributed by atoms with Gasteiger partial charge < -0.3 is 9.64 Å². The first-order valence-electron chi connectivity index (χ1n) is 11.1. The van der Waals surface area contributed by atoms with E-state index in [1.165, 1.54) is 11.1 Å². The Morgan fingerprint density at radius 2 is 1.22 bits per heavy atom. The third kappa shape index (κ3) is 7.58. The first-order chi connectivity index (χ1) is 15.5. The van der Waals surface area contributed by atoms with E-state index in [4.69, 9.17) is 27.9 Å². The molecule has 3 nitrogen and oxygen atoms in total. The molecule has 3 rings (SSSR count). The van der Waals surface area contributed by atoms with Gasteiger partial charge in [-0.1, -0.05) is 47.5 Å². The lowest BCUT2D eigenvalue weighted by molar-refractivity contribution is 0.0526. The van der Waals surface area contributed by atoms with Gasteiger partial charge in [-0.05, 0) is 92.3 Å². The Hall–Kier alpha value is -2.49. The van der Waals surface area contributed by atoms with Crippen LogP contribution < -0.4 is 4.90 Å². The molecule has 0 unspecified atom stereocenters. The second-order valence-electron chi connectivity index (χ2n) is 7.71. The van der Waals surface area contributed by atoms with E-state index in [9.17, 15) is 4.79 Å². The van der Waals surface area contributed by atoms with Gasteiger partial charge in [-0.15, -0.1) is 0 Å². The summed E-state index contributed by atoms with van der Waals surface area (Å²) in [5.74, 6) is -0.281. The lowest BCUT2D eigenvalue weighted by Gasteiger charge is -2.25. The van der Waals surface area contributed by atoms with E-state index >= 15 is 0 Å². The van der Waals surface area contributed by atoms with Crippen LogP contribution in [0, 0.1) is 0 Å². The smallest absolute Gasteiger partial charge is 0.338 e. The molecule has 3 aromatic carbocycles. The molecule has 0 aliphatic heterocycles. The molecule has 168 valence electrons. The Balaban J connectivity index is 1.62. The molecule has 0 N–H and O–H groups in total. The first kappa shape index (κ1) is 24.2. The van der Waals surface area contributed by atoms with Gasteiger partial charge in [0.15, 0.2) is 0 Å². The van der Waals surface area contributed by atoms with Crippen LogP contribution >= 0.6 is 23.2 Å². The third-order valence-electron chi connectivity index (χ3n) is 5.36. The summed E-state index contributed by atoms with van der Waals surface area (Å²) in [4.78, 5) is 14.4. The second-order valence-corrected chi connectivity index (χ2v) is 8.59. The number of carbonyl (C=O) groups excluding carboxylic acids is 1. The molecule has 0 saturated heterocycles. The van der Waals surface area contributed by atoms with E-state index < -0.39 is 0 Å². The Labute approximate surface area is 200 Å². The zero-order valence-corrected chi connectivity index (χ0v) is 19.9. The fraction of sp³-hybridized carbons (Fsp3) is 0.296. The van der Waals surface area contributed by atoms with Gasteiger partial charge in [-0.2, -0.15) is 0 Å². The maximum atomic E-state index is 12.0. The molecule has 0 amide bonds. The number of hydrogen-bond acceptors (Lipinski definition) is 3. The highest BCUT2D eigenvalue weighted by Gasteiger charge is 2.10. The highest BCUT2D eigenvalue weighted by Crippen LogP contribution is 2.19. The number of anilines is 1. The quantitative estimate of drug-likeness (QED) is 0.277. The largest absolute Gasteiger partial charge is 0.462 e. The molecule has 0 atom stereocenters. The van der Waals surface area contributed by atoms with Crippen LogP contribution in [0.5, 0.6) is 0 Å². The van der Waals surface area contributed by atoms with E-state index in [0.29, 0.717) is 12.2 Å². The molecule has 0 aromatic heterocycles. The minimum atomic E-state index is -0.281. The summed E-state index contributed by atoms with van der Waals surface area (Å²) in [6.07, 6.45) is 4.04. The normalized spacial score (nSPS) is 10.7. The Morgan fingerprint density at radius 3 is 1.66 bits per heavy atom. The minimum Gasteiger partial charge on any atom is -0.462 e. The summed E-state index contributed by atoms with van der Waals surface area (Å²) in [5.41, 5.74) is 4.27. The van der Waals surface area contributed by atoms with Crippen molar-refractivity contribution in [3.05, 3.63) is 99.5 Å². The molecular formula is C27H29Cl2NO2. The van der Waals surface area contributed by atoms with Crippen molar-refractivity contribution >= 4 is 34.9 Å². The molecule has 0 fully saturated rings. The van der Waals surface area contributed by atoms with Crippen LogP contribution in [0.2, 0.25) is 10.0 Å². The Morgan fingerprint density at radius 1 is 0.750 bits per heavy atom. The minimum absolute atomic E-state index is 0.281. The van der Waals surface area contributed by atoms with Crippen LogP contribution in [0.3, 0.4) is 0 Å². The summed E-state index contributed by atoms with van der Waals surface area (Å²) in [6.45, 7) is 4.06. The standard InChI is InChI=1S/C27H29Cl2NO2/c1-2-32-27(31)23-11-17-26(18-12-23)30(19-3-5-21-7-13-24(28)14-8-21)20-4-6-22-9-15-25(29)16-10-22/h7-18H,2-6,19-20H2,1H3. The van der Waals surface area contributed by atoms with Crippen molar-refractivity contribution in [1.82, 2.24) is 0 Å². The van der Waals surface area contributed by atoms with Gasteiger partial charge in [0.25, 0.3) is 0 Å². The predicted molar refractivity (Wildman–Crippen MR) is 134 cm³/mol. The predicted octanol–water partition coefficient (Wildman–Crippen LogP) is 7.24. The molecule has 0 heterocycles. The van der Waals surface area contributed by atoms with Gasteiger partial charge in [-0.3, -0.25) is 0 Å². The second kappa shape index (κ2) is 12.5. The first-order valence-corrected chi connectivity index (χ1v) is 11.8. The van der Waals surface area contributed by atoms with Gasteiger partial charge in [0.1, 0.15) is 0 Å². The van der Waals surface area contributed by atoms with Crippen molar-refractivity contribution in [2.75, 3.05) is 24.6 Å². The molecule has 0 spiro atoms. The Kier molecular flexibility index (Phi) is 9.45. The number of nitrogens with zero attached hydrogens (tertiary/aromatic N) is 1. The molecule has 0 aliphatic rings. The van der Waals surface area contributed by atoms with Crippen LogP contribution in [0.15, 0.2) is 72.8 Å². The topological polar surface area (TPSA) is 29.5 Å². The third-order valence-corrected chi connectivity index (χ3v) is 5.86. The summed E-state index contributed by atoms with van der Waals surface area (Å²) in [6, 6.07) is 23.8. The number of halogens is 2. The Bertz CT molecular complexity index is 919. The molecule has 3 aromatic rings. The van der Waals surface area contributed by atoms with E-state index in [-0.39, 0.29) is 5.97 Å².